The number of hydrogen-bond acceptors (Lipinski definition) is 4. The van der Waals surface area contributed by atoms with Crippen molar-refractivity contribution in [3.05, 3.63) is 42.1 Å². The van der Waals surface area contributed by atoms with Crippen LogP contribution < -0.4 is 5.32 Å². The normalized spacial score (nSPS) is 20.9. The molecule has 118 valence electrons. The second-order valence-corrected chi connectivity index (χ2v) is 7.65. The summed E-state index contributed by atoms with van der Waals surface area (Å²) in [4.78, 5) is 3.57. The van der Waals surface area contributed by atoms with Gasteiger partial charge in [0, 0.05) is 29.0 Å². The molecule has 3 rings (SSSR count). The summed E-state index contributed by atoms with van der Waals surface area (Å²) in [6, 6.07) is 11.1. The van der Waals surface area contributed by atoms with E-state index in [1.54, 1.807) is 0 Å². The minimum atomic E-state index is 0.352. The Labute approximate surface area is 136 Å². The molecule has 0 bridgehead atoms. The average Bonchev–Trinajstić information content (AvgIpc) is 2.92. The predicted molar refractivity (Wildman–Crippen MR) is 93.5 cm³/mol. The van der Waals surface area contributed by atoms with Gasteiger partial charge in [0.2, 0.25) is 0 Å². The molecule has 0 radical (unpaired) electrons. The Balaban J connectivity index is 1.71. The van der Waals surface area contributed by atoms with E-state index in [2.05, 4.69) is 72.9 Å². The Hall–Kier alpha value is -1.46. The summed E-state index contributed by atoms with van der Waals surface area (Å²) in [6.45, 7) is 4.22. The van der Waals surface area contributed by atoms with Crippen LogP contribution in [0.1, 0.15) is 24.9 Å². The van der Waals surface area contributed by atoms with Crippen molar-refractivity contribution in [1.29, 1.82) is 0 Å². The van der Waals surface area contributed by atoms with Gasteiger partial charge in [-0.3, -0.25) is 4.68 Å². The lowest BCUT2D eigenvalue weighted by Gasteiger charge is -2.29. The number of hydrogen-bond donors (Lipinski definition) is 1. The number of anilines is 1. The van der Waals surface area contributed by atoms with Crippen LogP contribution in [0.25, 0.3) is 0 Å². The van der Waals surface area contributed by atoms with Crippen LogP contribution >= 0.6 is 11.8 Å². The molecule has 0 saturated carbocycles. The number of rotatable bonds is 5. The first-order valence-corrected chi connectivity index (χ1v) is 8.70. The first-order chi connectivity index (χ1) is 10.6. The van der Waals surface area contributed by atoms with Gasteiger partial charge in [-0.15, -0.1) is 11.8 Å². The Morgan fingerprint density at radius 2 is 2.14 bits per heavy atom. The van der Waals surface area contributed by atoms with E-state index in [-0.39, 0.29) is 0 Å². The van der Waals surface area contributed by atoms with Gasteiger partial charge in [-0.2, -0.15) is 5.10 Å². The maximum absolute atomic E-state index is 4.65. The molecule has 1 aliphatic rings. The van der Waals surface area contributed by atoms with Crippen LogP contribution in [0.5, 0.6) is 0 Å². The molecule has 2 atom stereocenters. The Kier molecular flexibility index (Phi) is 4.74. The fraction of sp³-hybridized carbons (Fsp3) is 0.471. The summed E-state index contributed by atoms with van der Waals surface area (Å²) >= 11 is 1.97. The standard InChI is InChI=1S/C17H24N4S/c1-13-12-15(14-6-4-5-7-16(14)22-13)18-17-8-9-21(19-17)11-10-20(2)3/h4-9,13,15H,10-12H2,1-3H3,(H,18,19)/t13-,15+/m1/s1. The largest absolute Gasteiger partial charge is 0.362 e. The maximum Gasteiger partial charge on any atom is 0.148 e. The zero-order chi connectivity index (χ0) is 15.5. The molecule has 1 aromatic heterocycles. The molecule has 1 aliphatic heterocycles. The summed E-state index contributed by atoms with van der Waals surface area (Å²) in [7, 11) is 4.17. The van der Waals surface area contributed by atoms with E-state index in [1.807, 2.05) is 16.4 Å². The molecule has 1 aromatic carbocycles. The van der Waals surface area contributed by atoms with E-state index >= 15 is 0 Å². The molecule has 0 unspecified atom stereocenters. The third kappa shape index (κ3) is 3.65. The highest BCUT2D eigenvalue weighted by molar-refractivity contribution is 8.00. The zero-order valence-corrected chi connectivity index (χ0v) is 14.3. The van der Waals surface area contributed by atoms with Crippen LogP contribution in [0.3, 0.4) is 0 Å². The lowest BCUT2D eigenvalue weighted by Crippen LogP contribution is -2.21. The lowest BCUT2D eigenvalue weighted by atomic mass is 10.0. The van der Waals surface area contributed by atoms with E-state index < -0.39 is 0 Å². The number of nitrogens with zero attached hydrogens (tertiary/aromatic N) is 3. The van der Waals surface area contributed by atoms with Crippen LogP contribution in [0.4, 0.5) is 5.82 Å². The topological polar surface area (TPSA) is 33.1 Å². The molecular formula is C17H24N4S. The van der Waals surface area contributed by atoms with Crippen LogP contribution in [-0.2, 0) is 6.54 Å². The third-order valence-electron chi connectivity index (χ3n) is 3.93. The van der Waals surface area contributed by atoms with Gasteiger partial charge in [0.15, 0.2) is 0 Å². The second kappa shape index (κ2) is 6.75. The number of likely N-dealkylation sites (N-methyl/N-ethyl adjacent to an activating group) is 1. The van der Waals surface area contributed by atoms with Gasteiger partial charge in [0.25, 0.3) is 0 Å². The van der Waals surface area contributed by atoms with E-state index in [9.17, 15) is 0 Å². The van der Waals surface area contributed by atoms with Gasteiger partial charge in [-0.1, -0.05) is 25.1 Å². The van der Waals surface area contributed by atoms with Crippen molar-refractivity contribution in [2.45, 2.75) is 36.1 Å². The van der Waals surface area contributed by atoms with E-state index in [0.717, 1.165) is 25.3 Å². The lowest BCUT2D eigenvalue weighted by molar-refractivity contribution is 0.373. The summed E-state index contributed by atoms with van der Waals surface area (Å²) in [5.41, 5.74) is 1.40. The molecule has 0 fully saturated rings. The average molecular weight is 316 g/mol. The van der Waals surface area contributed by atoms with Crippen molar-refractivity contribution in [3.8, 4) is 0 Å². The van der Waals surface area contributed by atoms with Crippen molar-refractivity contribution in [3.63, 3.8) is 0 Å². The molecule has 0 spiro atoms. The smallest absolute Gasteiger partial charge is 0.148 e. The highest BCUT2D eigenvalue weighted by Crippen LogP contribution is 2.41. The van der Waals surface area contributed by atoms with Gasteiger partial charge in [-0.25, -0.2) is 0 Å². The molecule has 0 saturated heterocycles. The second-order valence-electron chi connectivity index (χ2n) is 6.17. The summed E-state index contributed by atoms with van der Waals surface area (Å²) in [5, 5.41) is 8.89. The Bertz CT molecular complexity index is 623. The Morgan fingerprint density at radius 1 is 1.32 bits per heavy atom. The molecule has 1 N–H and O–H groups in total. The van der Waals surface area contributed by atoms with Gasteiger partial charge >= 0.3 is 0 Å². The third-order valence-corrected chi connectivity index (χ3v) is 5.15. The van der Waals surface area contributed by atoms with E-state index in [0.29, 0.717) is 11.3 Å². The minimum absolute atomic E-state index is 0.352. The maximum atomic E-state index is 4.65. The predicted octanol–water partition coefficient (Wildman–Crippen LogP) is 3.48. The van der Waals surface area contributed by atoms with Gasteiger partial charge < -0.3 is 10.2 Å². The summed E-state index contributed by atoms with van der Waals surface area (Å²) in [6.07, 6.45) is 3.19. The van der Waals surface area contributed by atoms with Crippen molar-refractivity contribution < 1.29 is 0 Å². The molecule has 0 amide bonds. The van der Waals surface area contributed by atoms with Gasteiger partial charge in [0.05, 0.1) is 12.6 Å². The molecular weight excluding hydrogens is 292 g/mol. The fourth-order valence-electron chi connectivity index (χ4n) is 2.78. The van der Waals surface area contributed by atoms with E-state index in [1.165, 1.54) is 10.5 Å². The zero-order valence-electron chi connectivity index (χ0n) is 13.5. The van der Waals surface area contributed by atoms with Crippen molar-refractivity contribution in [1.82, 2.24) is 14.7 Å². The van der Waals surface area contributed by atoms with Crippen molar-refractivity contribution in [2.24, 2.45) is 0 Å². The summed E-state index contributed by atoms with van der Waals surface area (Å²) < 4.78 is 2.01. The van der Waals surface area contributed by atoms with Crippen molar-refractivity contribution in [2.75, 3.05) is 26.0 Å². The number of aromatic nitrogens is 2. The van der Waals surface area contributed by atoms with Crippen LogP contribution in [0, 0.1) is 0 Å². The minimum Gasteiger partial charge on any atom is -0.362 e. The van der Waals surface area contributed by atoms with Gasteiger partial charge in [0.1, 0.15) is 5.82 Å². The number of fused-ring (bicyclic) bond motifs is 1. The molecule has 0 aliphatic carbocycles. The van der Waals surface area contributed by atoms with Crippen LogP contribution in [0.15, 0.2) is 41.4 Å². The molecule has 2 aromatic rings. The highest BCUT2D eigenvalue weighted by atomic mass is 32.2. The van der Waals surface area contributed by atoms with Crippen LogP contribution in [-0.4, -0.2) is 40.6 Å². The first kappa shape index (κ1) is 15.4. The first-order valence-electron chi connectivity index (χ1n) is 7.82. The molecule has 5 heteroatoms. The number of benzene rings is 1. The van der Waals surface area contributed by atoms with Crippen molar-refractivity contribution >= 4 is 17.6 Å². The van der Waals surface area contributed by atoms with E-state index in [4.69, 9.17) is 0 Å². The number of thioether (sulfide) groups is 1. The van der Waals surface area contributed by atoms with Crippen LogP contribution in [0.2, 0.25) is 0 Å². The SMILES string of the molecule is C[C@@H]1C[C@H](Nc2ccn(CCN(C)C)n2)c2ccccc2S1. The quantitative estimate of drug-likeness (QED) is 0.915. The van der Waals surface area contributed by atoms with Gasteiger partial charge in [-0.05, 0) is 32.1 Å². The summed E-state index contributed by atoms with van der Waals surface area (Å²) in [5.74, 6) is 0.970. The fourth-order valence-corrected chi connectivity index (χ4v) is 4.01. The monoisotopic (exact) mass is 316 g/mol. The number of nitrogens with one attached hydrogen (secondary N) is 1. The highest BCUT2D eigenvalue weighted by Gasteiger charge is 2.25. The Morgan fingerprint density at radius 3 is 2.95 bits per heavy atom. The molecule has 2 heterocycles. The molecule has 22 heavy (non-hydrogen) atoms. The molecule has 4 nitrogen and oxygen atoms in total.